The lowest BCUT2D eigenvalue weighted by molar-refractivity contribution is 0.467. The van der Waals surface area contributed by atoms with Gasteiger partial charge in [0.15, 0.2) is 0 Å². The highest BCUT2D eigenvalue weighted by atomic mass is 35.5. The van der Waals surface area contributed by atoms with Crippen molar-refractivity contribution in [3.8, 4) is 0 Å². The normalized spacial score (nSPS) is 12.7. The Labute approximate surface area is 108 Å². The van der Waals surface area contributed by atoms with Gasteiger partial charge in [0.25, 0.3) is 0 Å². The van der Waals surface area contributed by atoms with Crippen molar-refractivity contribution in [2.75, 3.05) is 6.54 Å². The van der Waals surface area contributed by atoms with Crippen molar-refractivity contribution in [1.82, 2.24) is 5.32 Å². The first-order valence-corrected chi connectivity index (χ1v) is 6.72. The van der Waals surface area contributed by atoms with Gasteiger partial charge in [-0.15, -0.1) is 0 Å². The molecule has 0 fully saturated rings. The maximum Gasteiger partial charge on any atom is 0.123 e. The predicted molar refractivity (Wildman–Crippen MR) is 72.1 cm³/mol. The molecule has 17 heavy (non-hydrogen) atoms. The van der Waals surface area contributed by atoms with Crippen molar-refractivity contribution < 1.29 is 4.39 Å². The number of halogens is 2. The fraction of sp³-hybridized carbons (Fsp3) is 0.571. The maximum absolute atomic E-state index is 13.0. The summed E-state index contributed by atoms with van der Waals surface area (Å²) < 4.78 is 13.0. The zero-order valence-corrected chi connectivity index (χ0v) is 11.4. The van der Waals surface area contributed by atoms with E-state index >= 15 is 0 Å². The van der Waals surface area contributed by atoms with Crippen molar-refractivity contribution in [2.24, 2.45) is 0 Å². The van der Waals surface area contributed by atoms with Gasteiger partial charge >= 0.3 is 0 Å². The quantitative estimate of drug-likeness (QED) is 0.772. The molecule has 1 aromatic rings. The molecule has 0 aliphatic heterocycles. The Balaban J connectivity index is 2.42. The van der Waals surface area contributed by atoms with Crippen LogP contribution in [0.2, 0.25) is 5.02 Å². The minimum Gasteiger partial charge on any atom is -0.314 e. The van der Waals surface area contributed by atoms with Gasteiger partial charge in [0.1, 0.15) is 5.82 Å². The molecule has 1 nitrogen and oxygen atoms in total. The van der Waals surface area contributed by atoms with Crippen molar-refractivity contribution in [3.63, 3.8) is 0 Å². The van der Waals surface area contributed by atoms with E-state index in [0.717, 1.165) is 37.8 Å². The van der Waals surface area contributed by atoms with E-state index in [0.29, 0.717) is 11.1 Å². The SMILES string of the molecule is CCNC(CC)CCCc1cc(F)ccc1Cl. The van der Waals surface area contributed by atoms with Gasteiger partial charge in [-0.05, 0) is 56.0 Å². The van der Waals surface area contributed by atoms with Gasteiger partial charge < -0.3 is 5.32 Å². The average Bonchev–Trinajstić information content (AvgIpc) is 2.32. The fourth-order valence-corrected chi connectivity index (χ4v) is 2.23. The number of nitrogens with one attached hydrogen (secondary N) is 1. The average molecular weight is 258 g/mol. The maximum atomic E-state index is 13.0. The summed E-state index contributed by atoms with van der Waals surface area (Å²) in [5.74, 6) is -0.205. The standard InChI is InChI=1S/C14H21ClFN/c1-3-13(17-4-2)7-5-6-11-10-12(16)8-9-14(11)15/h8-10,13,17H,3-7H2,1-2H3. The summed E-state index contributed by atoms with van der Waals surface area (Å²) in [5, 5.41) is 4.11. The van der Waals surface area contributed by atoms with Gasteiger partial charge in [-0.1, -0.05) is 25.4 Å². The van der Waals surface area contributed by atoms with Crippen molar-refractivity contribution >= 4 is 11.6 Å². The first-order chi connectivity index (χ1) is 8.17. The first kappa shape index (κ1) is 14.5. The molecule has 0 aliphatic rings. The van der Waals surface area contributed by atoms with E-state index in [4.69, 9.17) is 11.6 Å². The lowest BCUT2D eigenvalue weighted by atomic mass is 10.0. The Morgan fingerprint density at radius 2 is 2.12 bits per heavy atom. The number of hydrogen-bond acceptors (Lipinski definition) is 1. The molecule has 1 aromatic carbocycles. The molecule has 3 heteroatoms. The van der Waals surface area contributed by atoms with E-state index in [1.807, 2.05) is 0 Å². The summed E-state index contributed by atoms with van der Waals surface area (Å²) in [4.78, 5) is 0. The largest absolute Gasteiger partial charge is 0.314 e. The van der Waals surface area contributed by atoms with E-state index < -0.39 is 0 Å². The Morgan fingerprint density at radius 1 is 1.35 bits per heavy atom. The molecule has 1 atom stereocenters. The van der Waals surface area contributed by atoms with Gasteiger partial charge in [0.05, 0.1) is 0 Å². The molecular weight excluding hydrogens is 237 g/mol. The van der Waals surface area contributed by atoms with Crippen LogP contribution in [0.5, 0.6) is 0 Å². The monoisotopic (exact) mass is 257 g/mol. The minimum absolute atomic E-state index is 0.205. The van der Waals surface area contributed by atoms with Crippen LogP contribution in [-0.4, -0.2) is 12.6 Å². The highest BCUT2D eigenvalue weighted by molar-refractivity contribution is 6.31. The van der Waals surface area contributed by atoms with E-state index in [1.54, 1.807) is 6.07 Å². The molecule has 0 amide bonds. The van der Waals surface area contributed by atoms with Crippen LogP contribution in [0.3, 0.4) is 0 Å². The molecule has 0 aromatic heterocycles. The fourth-order valence-electron chi connectivity index (χ4n) is 2.01. The van der Waals surface area contributed by atoms with Crippen molar-refractivity contribution in [3.05, 3.63) is 34.6 Å². The van der Waals surface area contributed by atoms with E-state index in [-0.39, 0.29) is 5.82 Å². The summed E-state index contributed by atoms with van der Waals surface area (Å²) in [6, 6.07) is 5.14. The minimum atomic E-state index is -0.205. The topological polar surface area (TPSA) is 12.0 Å². The third-order valence-corrected chi connectivity index (χ3v) is 3.36. The van der Waals surface area contributed by atoms with Crippen LogP contribution >= 0.6 is 11.6 Å². The van der Waals surface area contributed by atoms with Gasteiger partial charge in [-0.3, -0.25) is 0 Å². The Bertz CT molecular complexity index is 341. The van der Waals surface area contributed by atoms with Crippen molar-refractivity contribution in [1.29, 1.82) is 0 Å². The molecule has 0 heterocycles. The molecule has 96 valence electrons. The summed E-state index contributed by atoms with van der Waals surface area (Å²) in [6.07, 6.45) is 4.12. The smallest absolute Gasteiger partial charge is 0.123 e. The van der Waals surface area contributed by atoms with Crippen molar-refractivity contribution in [2.45, 2.75) is 45.6 Å². The highest BCUT2D eigenvalue weighted by Gasteiger charge is 2.06. The number of rotatable bonds is 7. The van der Waals surface area contributed by atoms with Crippen LogP contribution in [0.25, 0.3) is 0 Å². The Kier molecular flexibility index (Phi) is 6.53. The number of aryl methyl sites for hydroxylation is 1. The second-order valence-electron chi connectivity index (χ2n) is 4.29. The van der Waals surface area contributed by atoms with Gasteiger partial charge in [0, 0.05) is 11.1 Å². The van der Waals surface area contributed by atoms with Gasteiger partial charge in [-0.2, -0.15) is 0 Å². The molecule has 0 aliphatic carbocycles. The Hall–Kier alpha value is -0.600. The van der Waals surface area contributed by atoms with Crippen LogP contribution in [0, 0.1) is 5.82 Å². The van der Waals surface area contributed by atoms with Gasteiger partial charge in [0.2, 0.25) is 0 Å². The molecular formula is C14H21ClFN. The summed E-state index contributed by atoms with van der Waals surface area (Å²) in [7, 11) is 0. The summed E-state index contributed by atoms with van der Waals surface area (Å²) in [5.41, 5.74) is 0.915. The molecule has 1 unspecified atom stereocenters. The molecule has 1 rings (SSSR count). The van der Waals surface area contributed by atoms with E-state index in [9.17, 15) is 4.39 Å². The molecule has 0 radical (unpaired) electrons. The first-order valence-electron chi connectivity index (χ1n) is 6.34. The van der Waals surface area contributed by atoms with Crippen LogP contribution in [0.1, 0.15) is 38.7 Å². The predicted octanol–water partition coefficient (Wildman–Crippen LogP) is 4.19. The lowest BCUT2D eigenvalue weighted by Gasteiger charge is -2.15. The second-order valence-corrected chi connectivity index (χ2v) is 4.70. The van der Waals surface area contributed by atoms with Crippen LogP contribution < -0.4 is 5.32 Å². The molecule has 0 saturated carbocycles. The van der Waals surface area contributed by atoms with E-state index in [1.165, 1.54) is 12.1 Å². The van der Waals surface area contributed by atoms with Gasteiger partial charge in [-0.25, -0.2) is 4.39 Å². The second kappa shape index (κ2) is 7.67. The molecule has 0 saturated heterocycles. The van der Waals surface area contributed by atoms with Crippen LogP contribution in [0.15, 0.2) is 18.2 Å². The molecule has 1 N–H and O–H groups in total. The number of hydrogen-bond donors (Lipinski definition) is 1. The molecule has 0 bridgehead atoms. The third-order valence-electron chi connectivity index (χ3n) is 2.99. The third kappa shape index (κ3) is 5.05. The highest BCUT2D eigenvalue weighted by Crippen LogP contribution is 2.19. The van der Waals surface area contributed by atoms with Crippen LogP contribution in [0.4, 0.5) is 4.39 Å². The zero-order valence-electron chi connectivity index (χ0n) is 10.6. The summed E-state index contributed by atoms with van der Waals surface area (Å²) >= 11 is 6.02. The Morgan fingerprint density at radius 3 is 2.76 bits per heavy atom. The lowest BCUT2D eigenvalue weighted by Crippen LogP contribution is -2.28. The van der Waals surface area contributed by atoms with Crippen LogP contribution in [-0.2, 0) is 6.42 Å². The summed E-state index contributed by atoms with van der Waals surface area (Å²) in [6.45, 7) is 5.30. The number of benzene rings is 1. The zero-order chi connectivity index (χ0) is 12.7. The molecule has 0 spiro atoms. The van der Waals surface area contributed by atoms with E-state index in [2.05, 4.69) is 19.2 Å².